The minimum absolute atomic E-state index is 0.189. The highest BCUT2D eigenvalue weighted by atomic mass is 79.9. The van der Waals surface area contributed by atoms with E-state index in [4.69, 9.17) is 4.74 Å². The summed E-state index contributed by atoms with van der Waals surface area (Å²) >= 11 is 3.43. The fourth-order valence-corrected chi connectivity index (χ4v) is 2.45. The standard InChI is InChI=1S/C18H17BrN2O3/c1-12(22)20-14-8-9-17(24-2)16(11-14)21-18(23)10-7-13-5-3-4-6-15(13)19/h3-11H,1-2H3,(H,20,22)(H,21,23)/b10-7+. The van der Waals surface area contributed by atoms with Gasteiger partial charge in [0.2, 0.25) is 11.8 Å². The zero-order valence-corrected chi connectivity index (χ0v) is 14.9. The van der Waals surface area contributed by atoms with Gasteiger partial charge in [0.05, 0.1) is 12.8 Å². The molecule has 2 rings (SSSR count). The molecule has 24 heavy (non-hydrogen) atoms. The first kappa shape index (κ1) is 17.7. The molecule has 0 heterocycles. The number of methoxy groups -OCH3 is 1. The summed E-state index contributed by atoms with van der Waals surface area (Å²) in [7, 11) is 1.51. The zero-order valence-electron chi connectivity index (χ0n) is 13.3. The van der Waals surface area contributed by atoms with Gasteiger partial charge < -0.3 is 15.4 Å². The van der Waals surface area contributed by atoms with Gasteiger partial charge in [-0.3, -0.25) is 9.59 Å². The number of hydrogen-bond donors (Lipinski definition) is 2. The Balaban J connectivity index is 2.15. The topological polar surface area (TPSA) is 67.4 Å². The summed E-state index contributed by atoms with van der Waals surface area (Å²) in [5, 5.41) is 5.41. The van der Waals surface area contributed by atoms with Gasteiger partial charge in [-0.1, -0.05) is 34.1 Å². The van der Waals surface area contributed by atoms with Gasteiger partial charge >= 0.3 is 0 Å². The molecule has 0 spiro atoms. The van der Waals surface area contributed by atoms with E-state index in [9.17, 15) is 9.59 Å². The highest BCUT2D eigenvalue weighted by molar-refractivity contribution is 9.10. The van der Waals surface area contributed by atoms with E-state index in [2.05, 4.69) is 26.6 Å². The maximum Gasteiger partial charge on any atom is 0.248 e. The summed E-state index contributed by atoms with van der Waals surface area (Å²) in [6.45, 7) is 1.42. The Morgan fingerprint density at radius 2 is 1.88 bits per heavy atom. The Bertz CT molecular complexity index is 788. The second-order valence-corrected chi connectivity index (χ2v) is 5.79. The summed E-state index contributed by atoms with van der Waals surface area (Å²) in [5.74, 6) is 0.0158. The van der Waals surface area contributed by atoms with Gasteiger partial charge in [-0.15, -0.1) is 0 Å². The van der Waals surface area contributed by atoms with Crippen molar-refractivity contribution in [2.24, 2.45) is 0 Å². The van der Waals surface area contributed by atoms with Gasteiger partial charge in [0.25, 0.3) is 0 Å². The van der Waals surface area contributed by atoms with Crippen LogP contribution in [0.2, 0.25) is 0 Å². The lowest BCUT2D eigenvalue weighted by atomic mass is 10.2. The van der Waals surface area contributed by atoms with E-state index in [-0.39, 0.29) is 11.8 Å². The molecule has 0 aliphatic rings. The van der Waals surface area contributed by atoms with Crippen LogP contribution in [-0.4, -0.2) is 18.9 Å². The van der Waals surface area contributed by atoms with Crippen molar-refractivity contribution in [3.05, 3.63) is 58.6 Å². The molecule has 0 aliphatic carbocycles. The molecule has 2 aromatic rings. The Kier molecular flexibility index (Phi) is 6.14. The maximum absolute atomic E-state index is 12.1. The summed E-state index contributed by atoms with van der Waals surface area (Å²) in [6, 6.07) is 12.6. The summed E-state index contributed by atoms with van der Waals surface area (Å²) < 4.78 is 6.13. The van der Waals surface area contributed by atoms with Crippen molar-refractivity contribution in [2.45, 2.75) is 6.92 Å². The normalized spacial score (nSPS) is 10.5. The van der Waals surface area contributed by atoms with Crippen molar-refractivity contribution < 1.29 is 14.3 Å². The number of benzene rings is 2. The summed E-state index contributed by atoms with van der Waals surface area (Å²) in [6.07, 6.45) is 3.15. The number of halogens is 1. The van der Waals surface area contributed by atoms with Crippen molar-refractivity contribution in [1.82, 2.24) is 0 Å². The van der Waals surface area contributed by atoms with Gasteiger partial charge in [-0.25, -0.2) is 0 Å². The Labute approximate surface area is 148 Å². The second kappa shape index (κ2) is 8.31. The van der Waals surface area contributed by atoms with Crippen LogP contribution >= 0.6 is 15.9 Å². The largest absolute Gasteiger partial charge is 0.495 e. The van der Waals surface area contributed by atoms with Gasteiger partial charge in [0.15, 0.2) is 0 Å². The first-order valence-electron chi connectivity index (χ1n) is 7.19. The lowest BCUT2D eigenvalue weighted by molar-refractivity contribution is -0.114. The van der Waals surface area contributed by atoms with Crippen molar-refractivity contribution in [1.29, 1.82) is 0 Å². The molecule has 2 N–H and O–H groups in total. The molecule has 0 unspecified atom stereocenters. The summed E-state index contributed by atoms with van der Waals surface area (Å²) in [4.78, 5) is 23.3. The number of anilines is 2. The number of carbonyl (C=O) groups excluding carboxylic acids is 2. The molecule has 0 aliphatic heterocycles. The van der Waals surface area contributed by atoms with Gasteiger partial charge in [0, 0.05) is 23.2 Å². The highest BCUT2D eigenvalue weighted by Gasteiger charge is 2.08. The average molecular weight is 389 g/mol. The molecule has 0 atom stereocenters. The maximum atomic E-state index is 12.1. The monoisotopic (exact) mass is 388 g/mol. The first-order valence-corrected chi connectivity index (χ1v) is 7.98. The van der Waals surface area contributed by atoms with Crippen LogP contribution in [0.15, 0.2) is 53.0 Å². The molecule has 0 saturated heterocycles. The summed E-state index contributed by atoms with van der Waals surface area (Å²) in [5.41, 5.74) is 1.95. The number of hydrogen-bond acceptors (Lipinski definition) is 3. The van der Waals surface area contributed by atoms with E-state index in [1.54, 1.807) is 24.3 Å². The van der Waals surface area contributed by atoms with E-state index in [1.807, 2.05) is 24.3 Å². The third-order valence-corrected chi connectivity index (χ3v) is 3.82. The minimum atomic E-state index is -0.302. The third-order valence-electron chi connectivity index (χ3n) is 3.10. The van der Waals surface area contributed by atoms with Crippen LogP contribution < -0.4 is 15.4 Å². The fourth-order valence-electron chi connectivity index (χ4n) is 2.04. The van der Waals surface area contributed by atoms with Crippen molar-refractivity contribution in [3.63, 3.8) is 0 Å². The van der Waals surface area contributed by atoms with E-state index < -0.39 is 0 Å². The number of carbonyl (C=O) groups is 2. The van der Waals surface area contributed by atoms with Crippen LogP contribution in [0.1, 0.15) is 12.5 Å². The number of rotatable bonds is 5. The van der Waals surface area contributed by atoms with E-state index in [1.165, 1.54) is 20.1 Å². The van der Waals surface area contributed by atoms with E-state index in [0.717, 1.165) is 10.0 Å². The van der Waals surface area contributed by atoms with Crippen LogP contribution in [0.4, 0.5) is 11.4 Å². The minimum Gasteiger partial charge on any atom is -0.495 e. The second-order valence-electron chi connectivity index (χ2n) is 4.94. The van der Waals surface area contributed by atoms with Gasteiger partial charge in [-0.2, -0.15) is 0 Å². The first-order chi connectivity index (χ1) is 11.5. The highest BCUT2D eigenvalue weighted by Crippen LogP contribution is 2.28. The molecular formula is C18H17BrN2O3. The van der Waals surface area contributed by atoms with Crippen molar-refractivity contribution in [3.8, 4) is 5.75 Å². The molecule has 0 fully saturated rings. The van der Waals surface area contributed by atoms with E-state index in [0.29, 0.717) is 17.1 Å². The molecule has 0 aromatic heterocycles. The molecule has 124 valence electrons. The van der Waals surface area contributed by atoms with Crippen LogP contribution in [0, 0.1) is 0 Å². The zero-order chi connectivity index (χ0) is 17.5. The average Bonchev–Trinajstić information content (AvgIpc) is 2.54. The van der Waals surface area contributed by atoms with Crippen molar-refractivity contribution >= 4 is 45.2 Å². The van der Waals surface area contributed by atoms with Gasteiger partial charge in [-0.05, 0) is 35.9 Å². The molecule has 2 aromatic carbocycles. The smallest absolute Gasteiger partial charge is 0.248 e. The number of amides is 2. The van der Waals surface area contributed by atoms with Crippen LogP contribution in [0.3, 0.4) is 0 Å². The van der Waals surface area contributed by atoms with Crippen LogP contribution in [0.5, 0.6) is 5.75 Å². The third kappa shape index (κ3) is 4.96. The fraction of sp³-hybridized carbons (Fsp3) is 0.111. The Hall–Kier alpha value is -2.60. The molecule has 0 bridgehead atoms. The van der Waals surface area contributed by atoms with Crippen molar-refractivity contribution in [2.75, 3.05) is 17.7 Å². The number of ether oxygens (including phenoxy) is 1. The lowest BCUT2D eigenvalue weighted by Crippen LogP contribution is -2.10. The molecule has 2 amide bonds. The SMILES string of the molecule is COc1ccc(NC(C)=O)cc1NC(=O)/C=C/c1ccccc1Br. The predicted molar refractivity (Wildman–Crippen MR) is 99.1 cm³/mol. The van der Waals surface area contributed by atoms with Crippen LogP contribution in [0.25, 0.3) is 6.08 Å². The van der Waals surface area contributed by atoms with E-state index >= 15 is 0 Å². The molecule has 5 nitrogen and oxygen atoms in total. The molecule has 0 saturated carbocycles. The molecule has 0 radical (unpaired) electrons. The number of nitrogens with one attached hydrogen (secondary N) is 2. The van der Waals surface area contributed by atoms with Crippen LogP contribution in [-0.2, 0) is 9.59 Å². The molecular weight excluding hydrogens is 372 g/mol. The Morgan fingerprint density at radius 3 is 2.54 bits per heavy atom. The predicted octanol–water partition coefficient (Wildman–Crippen LogP) is 4.07. The lowest BCUT2D eigenvalue weighted by Gasteiger charge is -2.11. The quantitative estimate of drug-likeness (QED) is 0.758. The Morgan fingerprint density at radius 1 is 1.12 bits per heavy atom. The molecule has 6 heteroatoms. The van der Waals surface area contributed by atoms with Gasteiger partial charge in [0.1, 0.15) is 5.75 Å².